The summed E-state index contributed by atoms with van der Waals surface area (Å²) in [6.45, 7) is 3.68. The molecule has 3 aliphatic carbocycles. The number of rotatable bonds is 11. The van der Waals surface area contributed by atoms with Gasteiger partial charge in [0, 0.05) is 44.5 Å². The van der Waals surface area contributed by atoms with Gasteiger partial charge in [-0.3, -0.25) is 29.2 Å². The number of carbonyl (C=O) groups excluding carboxylic acids is 4. The molecule has 2 saturated carbocycles. The molecule has 2 aromatic rings. The quantitative estimate of drug-likeness (QED) is 0.127. The highest BCUT2D eigenvalue weighted by Crippen LogP contribution is 2.47. The van der Waals surface area contributed by atoms with Crippen molar-refractivity contribution in [1.29, 1.82) is 0 Å². The summed E-state index contributed by atoms with van der Waals surface area (Å²) in [6, 6.07) is 11.3. The third-order valence-electron chi connectivity index (χ3n) is 12.3. The first-order valence-electron chi connectivity index (χ1n) is 20.6. The van der Waals surface area contributed by atoms with Crippen LogP contribution in [0.2, 0.25) is 0 Å². The van der Waals surface area contributed by atoms with Gasteiger partial charge in [-0.1, -0.05) is 79.4 Å². The van der Waals surface area contributed by atoms with Crippen molar-refractivity contribution in [3.63, 3.8) is 0 Å². The second-order valence-electron chi connectivity index (χ2n) is 16.6. The van der Waals surface area contributed by atoms with Crippen LogP contribution in [0.25, 0.3) is 5.57 Å². The van der Waals surface area contributed by atoms with Crippen molar-refractivity contribution in [1.82, 2.24) is 24.6 Å². The first-order valence-corrected chi connectivity index (χ1v) is 23.6. The maximum atomic E-state index is 15.2. The molecule has 2 heterocycles. The van der Waals surface area contributed by atoms with E-state index in [4.69, 9.17) is 9.47 Å². The third kappa shape index (κ3) is 9.48. The molecule has 7 rings (SSSR count). The maximum absolute atomic E-state index is 15.2. The number of hydrogen-bond donors (Lipinski definition) is 3. The summed E-state index contributed by atoms with van der Waals surface area (Å²) in [6.07, 6.45) is 9.47. The molecule has 0 aromatic heterocycles. The lowest BCUT2D eigenvalue weighted by Crippen LogP contribution is -2.60. The molecule has 1 saturated heterocycles. The van der Waals surface area contributed by atoms with Crippen molar-refractivity contribution in [2.24, 2.45) is 11.8 Å². The predicted octanol–water partition coefficient (Wildman–Crippen LogP) is 3.69. The Labute approximate surface area is 365 Å². The Balaban J connectivity index is 1.30. The van der Waals surface area contributed by atoms with Gasteiger partial charge in [-0.2, -0.15) is 4.31 Å². The summed E-state index contributed by atoms with van der Waals surface area (Å²) in [5.41, 5.74) is -1.73. The molecule has 336 valence electrons. The number of fused-ring (bicyclic) bond motifs is 2. The minimum atomic E-state index is -4.76. The summed E-state index contributed by atoms with van der Waals surface area (Å²) >= 11 is 0. The molecule has 6 atom stereocenters. The molecule has 0 bridgehead atoms. The molecule has 0 spiro atoms. The first kappa shape index (κ1) is 45.3. The van der Waals surface area contributed by atoms with E-state index in [2.05, 4.69) is 21.9 Å². The van der Waals surface area contributed by atoms with E-state index >= 15 is 4.79 Å². The number of benzene rings is 2. The number of nitrogens with one attached hydrogen (secondary N) is 3. The lowest BCUT2D eigenvalue weighted by atomic mass is 9.79. The fraction of sp³-hybridized carbons (Fsp3) is 0.442. The number of nitro groups is 1. The third-order valence-corrected chi connectivity index (χ3v) is 16.0. The zero-order valence-electron chi connectivity index (χ0n) is 34.8. The van der Waals surface area contributed by atoms with Gasteiger partial charge in [0.15, 0.2) is 4.90 Å². The van der Waals surface area contributed by atoms with Crippen LogP contribution in [0.5, 0.6) is 0 Å². The molecular formula is C43H50N6O12S2. The summed E-state index contributed by atoms with van der Waals surface area (Å²) in [7, 11) is -7.34. The van der Waals surface area contributed by atoms with Gasteiger partial charge in [0.05, 0.1) is 28.1 Å². The summed E-state index contributed by atoms with van der Waals surface area (Å²) in [5, 5.41) is 16.6. The van der Waals surface area contributed by atoms with Crippen LogP contribution in [0.4, 0.5) is 10.5 Å². The van der Waals surface area contributed by atoms with Crippen molar-refractivity contribution in [2.45, 2.75) is 85.2 Å². The molecule has 18 nitrogen and oxygen atoms in total. The molecule has 2 aliphatic heterocycles. The van der Waals surface area contributed by atoms with Gasteiger partial charge in [-0.15, -0.1) is 0 Å². The Morgan fingerprint density at radius 2 is 1.71 bits per heavy atom. The van der Waals surface area contributed by atoms with E-state index in [0.717, 1.165) is 27.6 Å². The van der Waals surface area contributed by atoms with Crippen LogP contribution in [0.3, 0.4) is 0 Å². The fourth-order valence-corrected chi connectivity index (χ4v) is 11.6. The lowest BCUT2D eigenvalue weighted by Gasteiger charge is -2.36. The van der Waals surface area contributed by atoms with E-state index < -0.39 is 106 Å². The monoisotopic (exact) mass is 906 g/mol. The van der Waals surface area contributed by atoms with E-state index in [1.165, 1.54) is 31.1 Å². The van der Waals surface area contributed by atoms with Gasteiger partial charge in [0.1, 0.15) is 17.6 Å². The number of alkyl carbamates (subject to hydrolysis) is 1. The summed E-state index contributed by atoms with van der Waals surface area (Å²) in [5.74, 6) is -3.79. The predicted molar refractivity (Wildman–Crippen MR) is 229 cm³/mol. The van der Waals surface area contributed by atoms with Crippen LogP contribution in [0, 0.1) is 22.0 Å². The second-order valence-corrected chi connectivity index (χ2v) is 20.4. The van der Waals surface area contributed by atoms with Gasteiger partial charge < -0.3 is 25.0 Å². The van der Waals surface area contributed by atoms with Crippen LogP contribution in [-0.2, 0) is 43.9 Å². The standard InChI is InChI=1S/C43H50N6O12S2/c1-28(2)61-41(53)44-34-26-47(63(58,59)37-16-10-9-15-35(37)49(54)55)23-11-5-8-14-32-24-43(32,40(52)46-62(56,57)33-21-22-33)45-38(50)36-25-42(60-3,27-48(36)39(34)51)31-19-17-30(18-20-31)29-12-6-4-7-13-29/h4,6-10,12-19,31-34,36H,1,5,11,20-27H2,2-3H3,(H,44,53)(H,45,50)(H,46,52)/b14-8-/t31?,32?,34?,36-,42-,43+/m0/s1. The first-order chi connectivity index (χ1) is 29.9. The zero-order chi connectivity index (χ0) is 45.3. The average molecular weight is 907 g/mol. The van der Waals surface area contributed by atoms with Gasteiger partial charge in [-0.05, 0) is 62.7 Å². The number of allylic oxidation sites excluding steroid dienone is 5. The van der Waals surface area contributed by atoms with Crippen molar-refractivity contribution in [2.75, 3.05) is 26.7 Å². The summed E-state index contributed by atoms with van der Waals surface area (Å²) < 4.78 is 69.4. The Kier molecular flexibility index (Phi) is 12.8. The molecule has 63 heavy (non-hydrogen) atoms. The number of hydrogen-bond acceptors (Lipinski definition) is 12. The molecule has 3 N–H and O–H groups in total. The van der Waals surface area contributed by atoms with Crippen LogP contribution in [0.15, 0.2) is 102 Å². The SMILES string of the molecule is C=C(C)OC(=O)NC1CN(S(=O)(=O)c2ccccc2[N+](=O)[O-])CCC/C=C\C2C[C@@]2(C(=O)NS(=O)(=O)C2CC2)NC(=O)[C@@H]2C[C@@](OC)(C3C=CC(c4ccccc4)=CC3)CN2C1=O. The van der Waals surface area contributed by atoms with Crippen LogP contribution in [-0.4, -0.2) is 110 Å². The fourth-order valence-electron chi connectivity index (χ4n) is 8.60. The topological polar surface area (TPSA) is 241 Å². The van der Waals surface area contributed by atoms with Gasteiger partial charge in [0.2, 0.25) is 31.9 Å². The number of amides is 4. The molecule has 4 amide bonds. The number of nitrogens with zero attached hydrogens (tertiary/aromatic N) is 3. The van der Waals surface area contributed by atoms with Crippen LogP contribution < -0.4 is 15.4 Å². The van der Waals surface area contributed by atoms with Gasteiger partial charge in [0.25, 0.3) is 11.6 Å². The lowest BCUT2D eigenvalue weighted by molar-refractivity contribution is -0.387. The number of methoxy groups -OCH3 is 1. The molecule has 20 heteroatoms. The molecule has 0 radical (unpaired) electrons. The number of para-hydroxylation sites is 1. The van der Waals surface area contributed by atoms with Crippen LogP contribution in [0.1, 0.15) is 57.4 Å². The summed E-state index contributed by atoms with van der Waals surface area (Å²) in [4.78, 5) is 69.0. The van der Waals surface area contributed by atoms with E-state index in [-0.39, 0.29) is 44.5 Å². The largest absolute Gasteiger partial charge is 0.416 e. The van der Waals surface area contributed by atoms with E-state index in [1.807, 2.05) is 48.6 Å². The Morgan fingerprint density at radius 1 is 1.00 bits per heavy atom. The molecular weight excluding hydrogens is 857 g/mol. The van der Waals surface area contributed by atoms with Gasteiger partial charge >= 0.3 is 6.09 Å². The van der Waals surface area contributed by atoms with Crippen molar-refractivity contribution >= 4 is 55.1 Å². The molecule has 5 aliphatic rings. The smallest absolute Gasteiger partial charge is 0.412 e. The van der Waals surface area contributed by atoms with Crippen molar-refractivity contribution < 1.29 is 50.4 Å². The molecule has 3 unspecified atom stereocenters. The Morgan fingerprint density at radius 3 is 2.37 bits per heavy atom. The minimum absolute atomic E-state index is 0.0326. The Bertz CT molecular complexity index is 2510. The maximum Gasteiger partial charge on any atom is 0.412 e. The number of sulfonamides is 2. The number of carbonyl (C=O) groups is 4. The number of ether oxygens (including phenoxy) is 2. The molecule has 3 fully saturated rings. The zero-order valence-corrected chi connectivity index (χ0v) is 36.4. The van der Waals surface area contributed by atoms with Gasteiger partial charge in [-0.25, -0.2) is 21.6 Å². The second kappa shape index (κ2) is 17.8. The normalized spacial score (nSPS) is 28.5. The highest BCUT2D eigenvalue weighted by molar-refractivity contribution is 7.91. The minimum Gasteiger partial charge on any atom is -0.416 e. The number of nitro benzene ring substituents is 1. The van der Waals surface area contributed by atoms with Crippen molar-refractivity contribution in [3.8, 4) is 0 Å². The van der Waals surface area contributed by atoms with E-state index in [9.17, 15) is 41.3 Å². The molecule has 2 aromatic carbocycles. The van der Waals surface area contributed by atoms with E-state index in [0.29, 0.717) is 19.3 Å². The average Bonchev–Trinajstić information content (AvgIpc) is 4.19. The Hall–Kier alpha value is -5.70. The van der Waals surface area contributed by atoms with Crippen molar-refractivity contribution in [3.05, 3.63) is 113 Å². The highest BCUT2D eigenvalue weighted by Gasteiger charge is 2.63. The van der Waals surface area contributed by atoms with E-state index in [1.54, 1.807) is 12.2 Å². The highest BCUT2D eigenvalue weighted by atomic mass is 32.2. The van der Waals surface area contributed by atoms with Crippen LogP contribution >= 0.6 is 0 Å².